The summed E-state index contributed by atoms with van der Waals surface area (Å²) in [6, 6.07) is 5.43. The number of carbonyl (C=O) groups is 1. The molecule has 0 unspecified atom stereocenters. The highest BCUT2D eigenvalue weighted by Gasteiger charge is 2.18. The first kappa shape index (κ1) is 12.3. The summed E-state index contributed by atoms with van der Waals surface area (Å²) < 4.78 is 0. The minimum absolute atomic E-state index is 0.370. The average Bonchev–Trinajstić information content (AvgIpc) is 2.90. The quantitative estimate of drug-likeness (QED) is 0.933. The molecule has 5 heteroatoms. The Hall–Kier alpha value is -1.72. The van der Waals surface area contributed by atoms with Crippen molar-refractivity contribution in [1.29, 1.82) is 0 Å². The Bertz CT molecular complexity index is 595. The molecule has 2 aromatic rings. The van der Waals surface area contributed by atoms with Crippen molar-refractivity contribution in [1.82, 2.24) is 9.88 Å². The number of nitrogens with zero attached hydrogens (tertiary/aromatic N) is 2. The van der Waals surface area contributed by atoms with Crippen molar-refractivity contribution in [3.8, 4) is 0 Å². The third-order valence-corrected chi connectivity index (χ3v) is 4.15. The summed E-state index contributed by atoms with van der Waals surface area (Å²) in [5, 5.41) is 12.1. The van der Waals surface area contributed by atoms with Crippen LogP contribution in [0.2, 0.25) is 0 Å². The van der Waals surface area contributed by atoms with Gasteiger partial charge >= 0.3 is 5.97 Å². The van der Waals surface area contributed by atoms with Gasteiger partial charge in [-0.05, 0) is 29.7 Å². The molecule has 0 fully saturated rings. The van der Waals surface area contributed by atoms with Crippen molar-refractivity contribution in [3.63, 3.8) is 0 Å². The van der Waals surface area contributed by atoms with E-state index in [4.69, 9.17) is 5.11 Å². The Morgan fingerprint density at radius 2 is 2.32 bits per heavy atom. The molecule has 19 heavy (non-hydrogen) atoms. The summed E-state index contributed by atoms with van der Waals surface area (Å²) in [4.78, 5) is 17.6. The maximum absolute atomic E-state index is 11.0. The van der Waals surface area contributed by atoms with Crippen LogP contribution in [0.4, 0.5) is 0 Å². The van der Waals surface area contributed by atoms with E-state index in [-0.39, 0.29) is 0 Å². The van der Waals surface area contributed by atoms with Gasteiger partial charge < -0.3 is 5.11 Å². The summed E-state index contributed by atoms with van der Waals surface area (Å²) in [5.74, 6) is -0.861. The standard InChI is InChI=1S/C14H14N2O2S/c17-14(18)11-2-1-10-3-5-16(8-12(10)7-11)9-13-15-4-6-19-13/h1-2,4,6-7H,3,5,8-9H2,(H,17,18). The van der Waals surface area contributed by atoms with Crippen molar-refractivity contribution >= 4 is 17.3 Å². The minimum Gasteiger partial charge on any atom is -0.478 e. The molecule has 1 aromatic heterocycles. The number of aromatic carboxylic acids is 1. The summed E-state index contributed by atoms with van der Waals surface area (Å²) >= 11 is 1.66. The van der Waals surface area contributed by atoms with E-state index in [2.05, 4.69) is 9.88 Å². The average molecular weight is 274 g/mol. The van der Waals surface area contributed by atoms with Crippen LogP contribution in [-0.2, 0) is 19.5 Å². The Morgan fingerprint density at radius 3 is 3.05 bits per heavy atom. The Labute approximate surface area is 115 Å². The van der Waals surface area contributed by atoms with Crippen LogP contribution in [0.15, 0.2) is 29.8 Å². The fourth-order valence-electron chi connectivity index (χ4n) is 2.41. The van der Waals surface area contributed by atoms with Crippen molar-refractivity contribution in [2.24, 2.45) is 0 Å². The molecule has 0 saturated carbocycles. The first-order valence-corrected chi connectivity index (χ1v) is 7.06. The van der Waals surface area contributed by atoms with Gasteiger partial charge in [-0.25, -0.2) is 9.78 Å². The van der Waals surface area contributed by atoms with Crippen LogP contribution in [0.3, 0.4) is 0 Å². The van der Waals surface area contributed by atoms with E-state index in [0.29, 0.717) is 5.56 Å². The fourth-order valence-corrected chi connectivity index (χ4v) is 3.06. The first-order chi connectivity index (χ1) is 9.22. The van der Waals surface area contributed by atoms with Gasteiger partial charge in [-0.15, -0.1) is 11.3 Å². The number of fused-ring (bicyclic) bond motifs is 1. The van der Waals surface area contributed by atoms with Crippen LogP contribution in [0, 0.1) is 0 Å². The van der Waals surface area contributed by atoms with Crippen LogP contribution in [-0.4, -0.2) is 27.5 Å². The Balaban J connectivity index is 1.78. The van der Waals surface area contributed by atoms with E-state index < -0.39 is 5.97 Å². The molecule has 0 radical (unpaired) electrons. The summed E-state index contributed by atoms with van der Waals surface area (Å²) in [5.41, 5.74) is 2.76. The van der Waals surface area contributed by atoms with Crippen LogP contribution in [0.1, 0.15) is 26.5 Å². The summed E-state index contributed by atoms with van der Waals surface area (Å²) in [6.45, 7) is 2.64. The van der Waals surface area contributed by atoms with Gasteiger partial charge in [-0.2, -0.15) is 0 Å². The third-order valence-electron chi connectivity index (χ3n) is 3.39. The van der Waals surface area contributed by atoms with Crippen LogP contribution < -0.4 is 0 Å². The molecule has 4 nitrogen and oxygen atoms in total. The van der Waals surface area contributed by atoms with E-state index in [9.17, 15) is 4.79 Å². The molecule has 1 N–H and O–H groups in total. The van der Waals surface area contributed by atoms with E-state index in [1.165, 1.54) is 5.56 Å². The Morgan fingerprint density at radius 1 is 1.42 bits per heavy atom. The van der Waals surface area contributed by atoms with Gasteiger partial charge in [-0.3, -0.25) is 4.90 Å². The molecule has 0 atom stereocenters. The lowest BCUT2D eigenvalue weighted by atomic mass is 9.97. The Kier molecular flexibility index (Phi) is 3.31. The summed E-state index contributed by atoms with van der Waals surface area (Å²) in [7, 11) is 0. The first-order valence-electron chi connectivity index (χ1n) is 6.18. The van der Waals surface area contributed by atoms with Gasteiger partial charge in [0.2, 0.25) is 0 Å². The van der Waals surface area contributed by atoms with E-state index in [1.54, 1.807) is 23.5 Å². The number of benzene rings is 1. The normalized spacial score (nSPS) is 15.2. The highest BCUT2D eigenvalue weighted by atomic mass is 32.1. The fraction of sp³-hybridized carbons (Fsp3) is 0.286. The molecule has 0 bridgehead atoms. The molecule has 0 saturated heterocycles. The molecule has 0 spiro atoms. The number of thiazole rings is 1. The number of hydrogen-bond acceptors (Lipinski definition) is 4. The van der Waals surface area contributed by atoms with Gasteiger partial charge in [0.15, 0.2) is 0 Å². The number of aromatic nitrogens is 1. The minimum atomic E-state index is -0.861. The number of carboxylic acid groups (broad SMARTS) is 1. The zero-order valence-electron chi connectivity index (χ0n) is 10.4. The lowest BCUT2D eigenvalue weighted by molar-refractivity contribution is 0.0696. The van der Waals surface area contributed by atoms with Gasteiger partial charge in [0.25, 0.3) is 0 Å². The maximum atomic E-state index is 11.0. The predicted octanol–water partition coefficient (Wildman–Crippen LogP) is 2.40. The lowest BCUT2D eigenvalue weighted by Crippen LogP contribution is -2.30. The molecule has 2 heterocycles. The number of hydrogen-bond donors (Lipinski definition) is 1. The van der Waals surface area contributed by atoms with Crippen molar-refractivity contribution in [2.45, 2.75) is 19.5 Å². The van der Waals surface area contributed by atoms with E-state index in [1.807, 2.05) is 17.6 Å². The van der Waals surface area contributed by atoms with Crippen LogP contribution in [0.25, 0.3) is 0 Å². The molecular weight excluding hydrogens is 260 g/mol. The van der Waals surface area contributed by atoms with E-state index >= 15 is 0 Å². The number of carboxylic acids is 1. The predicted molar refractivity (Wildman–Crippen MR) is 73.3 cm³/mol. The third kappa shape index (κ3) is 2.67. The molecule has 98 valence electrons. The van der Waals surface area contributed by atoms with Crippen molar-refractivity contribution in [3.05, 3.63) is 51.5 Å². The van der Waals surface area contributed by atoms with Crippen LogP contribution >= 0.6 is 11.3 Å². The zero-order chi connectivity index (χ0) is 13.2. The molecule has 1 aromatic carbocycles. The second kappa shape index (κ2) is 5.11. The maximum Gasteiger partial charge on any atom is 0.335 e. The van der Waals surface area contributed by atoms with Gasteiger partial charge in [0.1, 0.15) is 5.01 Å². The van der Waals surface area contributed by atoms with E-state index in [0.717, 1.165) is 36.6 Å². The lowest BCUT2D eigenvalue weighted by Gasteiger charge is -2.28. The smallest absolute Gasteiger partial charge is 0.335 e. The van der Waals surface area contributed by atoms with Crippen molar-refractivity contribution < 1.29 is 9.90 Å². The molecule has 1 aliphatic heterocycles. The van der Waals surface area contributed by atoms with Gasteiger partial charge in [-0.1, -0.05) is 6.07 Å². The van der Waals surface area contributed by atoms with Gasteiger partial charge in [0.05, 0.1) is 12.1 Å². The summed E-state index contributed by atoms with van der Waals surface area (Å²) in [6.07, 6.45) is 2.79. The second-order valence-electron chi connectivity index (χ2n) is 4.68. The molecular formula is C14H14N2O2S. The molecule has 0 aliphatic carbocycles. The molecule has 3 rings (SSSR count). The highest BCUT2D eigenvalue weighted by Crippen LogP contribution is 2.22. The largest absolute Gasteiger partial charge is 0.478 e. The second-order valence-corrected chi connectivity index (χ2v) is 5.65. The zero-order valence-corrected chi connectivity index (χ0v) is 11.2. The SMILES string of the molecule is O=C(O)c1ccc2c(c1)CN(Cc1nccs1)CC2. The molecule has 0 amide bonds. The molecule has 1 aliphatic rings. The topological polar surface area (TPSA) is 53.4 Å². The highest BCUT2D eigenvalue weighted by molar-refractivity contribution is 7.09. The van der Waals surface area contributed by atoms with Crippen molar-refractivity contribution in [2.75, 3.05) is 6.54 Å². The van der Waals surface area contributed by atoms with Gasteiger partial charge in [0, 0.05) is 24.7 Å². The van der Waals surface area contributed by atoms with Crippen LogP contribution in [0.5, 0.6) is 0 Å². The monoisotopic (exact) mass is 274 g/mol. The number of rotatable bonds is 3.